The van der Waals surface area contributed by atoms with E-state index >= 15 is 0 Å². The summed E-state index contributed by atoms with van der Waals surface area (Å²) in [6.07, 6.45) is 3.29. The van der Waals surface area contributed by atoms with Gasteiger partial charge >= 0.3 is 0 Å². The van der Waals surface area contributed by atoms with Gasteiger partial charge in [-0.1, -0.05) is 28.9 Å². The minimum Gasteiger partial charge on any atom is -0.399 e. The molecule has 1 aliphatic heterocycles. The van der Waals surface area contributed by atoms with Crippen molar-refractivity contribution in [2.24, 2.45) is 5.16 Å². The van der Waals surface area contributed by atoms with Crippen LogP contribution in [0.25, 0.3) is 0 Å². The van der Waals surface area contributed by atoms with E-state index in [1.807, 2.05) is 17.0 Å². The van der Waals surface area contributed by atoms with Crippen LogP contribution in [0.3, 0.4) is 0 Å². The quantitative estimate of drug-likeness (QED) is 0.582. The zero-order valence-electron chi connectivity index (χ0n) is 15.4. The molecule has 0 atom stereocenters. The van der Waals surface area contributed by atoms with Crippen LogP contribution in [0.1, 0.15) is 11.1 Å². The van der Waals surface area contributed by atoms with E-state index in [-0.39, 0.29) is 18.3 Å². The molecule has 0 bridgehead atoms. The highest BCUT2D eigenvalue weighted by molar-refractivity contribution is 6.30. The predicted molar refractivity (Wildman–Crippen MR) is 112 cm³/mol. The first-order valence-corrected chi connectivity index (χ1v) is 8.90. The summed E-state index contributed by atoms with van der Waals surface area (Å²) >= 11 is 5.89. The molecule has 10 heteroatoms. The van der Waals surface area contributed by atoms with E-state index in [2.05, 4.69) is 20.0 Å². The molecule has 1 aromatic heterocycles. The third kappa shape index (κ3) is 5.24. The van der Waals surface area contributed by atoms with Gasteiger partial charge in [-0.2, -0.15) is 0 Å². The van der Waals surface area contributed by atoms with Crippen molar-refractivity contribution < 1.29 is 9.63 Å². The van der Waals surface area contributed by atoms with E-state index in [0.29, 0.717) is 54.8 Å². The second kappa shape index (κ2) is 10.1. The van der Waals surface area contributed by atoms with Gasteiger partial charge in [0.1, 0.15) is 25.1 Å². The van der Waals surface area contributed by atoms with Gasteiger partial charge in [-0.15, -0.1) is 12.4 Å². The fourth-order valence-corrected chi connectivity index (χ4v) is 3.06. The van der Waals surface area contributed by atoms with Crippen molar-refractivity contribution in [3.05, 3.63) is 46.7 Å². The van der Waals surface area contributed by atoms with Crippen LogP contribution < -0.4 is 10.6 Å². The molecule has 0 radical (unpaired) electrons. The maximum absolute atomic E-state index is 12.5. The Morgan fingerprint density at radius 2 is 1.93 bits per heavy atom. The number of nitrogens with zero attached hydrogens (tertiary/aromatic N) is 5. The fraction of sp³-hybridized carbons (Fsp3) is 0.333. The van der Waals surface area contributed by atoms with Crippen LogP contribution in [0.2, 0.25) is 5.02 Å². The Morgan fingerprint density at radius 1 is 1.25 bits per heavy atom. The number of halogens is 2. The number of oxime groups is 1. The SMILES string of the molecule is CON=Cc1c(N)ncnc1N1CCN(C(=O)Cc2ccc(Cl)cc2)CC1.Cl. The van der Waals surface area contributed by atoms with Crippen molar-refractivity contribution in [2.75, 3.05) is 43.9 Å². The predicted octanol–water partition coefficient (Wildman–Crippen LogP) is 2.01. The molecule has 0 aliphatic carbocycles. The highest BCUT2D eigenvalue weighted by Gasteiger charge is 2.24. The molecule has 3 rings (SSSR count). The van der Waals surface area contributed by atoms with Crippen molar-refractivity contribution in [3.8, 4) is 0 Å². The number of nitrogen functional groups attached to an aromatic ring is 1. The van der Waals surface area contributed by atoms with Crippen molar-refractivity contribution in [3.63, 3.8) is 0 Å². The van der Waals surface area contributed by atoms with Crippen molar-refractivity contribution in [2.45, 2.75) is 6.42 Å². The maximum atomic E-state index is 12.5. The van der Waals surface area contributed by atoms with Gasteiger partial charge in [0.05, 0.1) is 18.2 Å². The van der Waals surface area contributed by atoms with Crippen LogP contribution in [0, 0.1) is 0 Å². The summed E-state index contributed by atoms with van der Waals surface area (Å²) in [4.78, 5) is 29.6. The average molecular weight is 425 g/mol. The number of carbonyl (C=O) groups excluding carboxylic acids is 1. The summed E-state index contributed by atoms with van der Waals surface area (Å²) in [5.74, 6) is 1.12. The molecule has 2 heterocycles. The molecule has 1 saturated heterocycles. The molecule has 0 saturated carbocycles. The first kappa shape index (κ1) is 21.7. The summed E-state index contributed by atoms with van der Waals surface area (Å²) in [5, 5.41) is 4.43. The standard InChI is InChI=1S/C18H21ClN6O2.ClH/c1-27-23-11-15-17(20)21-12-22-18(15)25-8-6-24(7-9-25)16(26)10-13-2-4-14(19)5-3-13;/h2-5,11-12H,6-10H2,1H3,(H2,20,21,22);1H. The number of carbonyl (C=O) groups is 1. The summed E-state index contributed by atoms with van der Waals surface area (Å²) in [6.45, 7) is 2.52. The number of anilines is 2. The first-order chi connectivity index (χ1) is 13.1. The van der Waals surface area contributed by atoms with Gasteiger partial charge in [0.2, 0.25) is 5.91 Å². The zero-order valence-corrected chi connectivity index (χ0v) is 17.0. The minimum atomic E-state index is 0. The first-order valence-electron chi connectivity index (χ1n) is 8.52. The minimum absolute atomic E-state index is 0. The van der Waals surface area contributed by atoms with Gasteiger partial charge in [-0.05, 0) is 17.7 Å². The number of benzene rings is 1. The monoisotopic (exact) mass is 424 g/mol. The van der Waals surface area contributed by atoms with E-state index < -0.39 is 0 Å². The zero-order chi connectivity index (χ0) is 19.2. The molecule has 1 fully saturated rings. The number of piperazine rings is 1. The van der Waals surface area contributed by atoms with E-state index in [1.165, 1.54) is 19.7 Å². The van der Waals surface area contributed by atoms with Crippen molar-refractivity contribution >= 4 is 47.8 Å². The molecule has 28 heavy (non-hydrogen) atoms. The van der Waals surface area contributed by atoms with Gasteiger partial charge in [0.25, 0.3) is 0 Å². The Kier molecular flexibility index (Phi) is 7.83. The lowest BCUT2D eigenvalue weighted by molar-refractivity contribution is -0.130. The third-order valence-corrected chi connectivity index (χ3v) is 4.63. The van der Waals surface area contributed by atoms with Gasteiger partial charge in [-0.3, -0.25) is 4.79 Å². The smallest absolute Gasteiger partial charge is 0.227 e. The molecular formula is C18H22Cl2N6O2. The number of hydrogen-bond donors (Lipinski definition) is 1. The van der Waals surface area contributed by atoms with Gasteiger partial charge < -0.3 is 20.4 Å². The highest BCUT2D eigenvalue weighted by atomic mass is 35.5. The Hall–Kier alpha value is -2.58. The van der Waals surface area contributed by atoms with Crippen LogP contribution in [0.4, 0.5) is 11.6 Å². The molecule has 2 N–H and O–H groups in total. The van der Waals surface area contributed by atoms with E-state index in [0.717, 1.165) is 5.56 Å². The van der Waals surface area contributed by atoms with Crippen molar-refractivity contribution in [1.82, 2.24) is 14.9 Å². The average Bonchev–Trinajstić information content (AvgIpc) is 2.69. The fourth-order valence-electron chi connectivity index (χ4n) is 2.94. The van der Waals surface area contributed by atoms with Gasteiger partial charge in [-0.25, -0.2) is 9.97 Å². The lowest BCUT2D eigenvalue weighted by atomic mass is 10.1. The van der Waals surface area contributed by atoms with Gasteiger partial charge in [0.15, 0.2) is 0 Å². The van der Waals surface area contributed by atoms with E-state index in [4.69, 9.17) is 22.2 Å². The lowest BCUT2D eigenvalue weighted by Gasteiger charge is -2.36. The van der Waals surface area contributed by atoms with E-state index in [1.54, 1.807) is 12.1 Å². The summed E-state index contributed by atoms with van der Waals surface area (Å²) in [7, 11) is 1.46. The number of hydrogen-bond acceptors (Lipinski definition) is 7. The molecule has 8 nitrogen and oxygen atoms in total. The maximum Gasteiger partial charge on any atom is 0.227 e. The summed E-state index contributed by atoms with van der Waals surface area (Å²) in [5.41, 5.74) is 7.51. The molecule has 2 aromatic rings. The number of nitrogens with two attached hydrogens (primary N) is 1. The van der Waals surface area contributed by atoms with Crippen LogP contribution >= 0.6 is 24.0 Å². The van der Waals surface area contributed by atoms with E-state index in [9.17, 15) is 4.79 Å². The molecule has 0 unspecified atom stereocenters. The lowest BCUT2D eigenvalue weighted by Crippen LogP contribution is -2.49. The molecule has 0 spiro atoms. The topological polar surface area (TPSA) is 96.9 Å². The highest BCUT2D eigenvalue weighted by Crippen LogP contribution is 2.21. The van der Waals surface area contributed by atoms with Crippen molar-refractivity contribution in [1.29, 1.82) is 0 Å². The summed E-state index contributed by atoms with van der Waals surface area (Å²) < 4.78 is 0. The Balaban J connectivity index is 0.00000280. The Morgan fingerprint density at radius 3 is 2.57 bits per heavy atom. The van der Waals surface area contributed by atoms with Crippen LogP contribution in [-0.4, -0.2) is 60.3 Å². The second-order valence-electron chi connectivity index (χ2n) is 6.08. The van der Waals surface area contributed by atoms with Crippen LogP contribution in [0.5, 0.6) is 0 Å². The second-order valence-corrected chi connectivity index (χ2v) is 6.52. The molecule has 1 aromatic carbocycles. The van der Waals surface area contributed by atoms with Gasteiger partial charge in [0, 0.05) is 31.2 Å². The molecule has 1 amide bonds. The van der Waals surface area contributed by atoms with Crippen LogP contribution in [0.15, 0.2) is 35.7 Å². The molecule has 150 valence electrons. The number of rotatable bonds is 5. The Bertz CT molecular complexity index is 823. The number of amides is 1. The summed E-state index contributed by atoms with van der Waals surface area (Å²) in [6, 6.07) is 7.35. The normalized spacial score (nSPS) is 14.1. The third-order valence-electron chi connectivity index (χ3n) is 4.38. The largest absolute Gasteiger partial charge is 0.399 e. The molecule has 1 aliphatic rings. The van der Waals surface area contributed by atoms with Crippen LogP contribution in [-0.2, 0) is 16.1 Å². The number of aromatic nitrogens is 2. The molecular weight excluding hydrogens is 403 g/mol. The Labute approximate surface area is 174 Å².